The Kier molecular flexibility index (Phi) is 4.63. The van der Waals surface area contributed by atoms with Crippen LogP contribution < -0.4 is 5.32 Å². The maximum Gasteiger partial charge on any atom is 0.289 e. The number of hydrogen-bond donors (Lipinski definition) is 1. The molecule has 1 fully saturated rings. The van der Waals surface area contributed by atoms with Crippen LogP contribution in [0.3, 0.4) is 0 Å². The molecule has 21 heavy (non-hydrogen) atoms. The Balaban J connectivity index is 1.45. The predicted octanol–water partition coefficient (Wildman–Crippen LogP) is 3.39. The smallest absolute Gasteiger partial charge is 0.289 e. The number of amides is 1. The lowest BCUT2D eigenvalue weighted by Crippen LogP contribution is -2.44. The van der Waals surface area contributed by atoms with Crippen LogP contribution in [0.25, 0.3) is 0 Å². The second-order valence-electron chi connectivity index (χ2n) is 5.13. The zero-order valence-electron chi connectivity index (χ0n) is 11.5. The van der Waals surface area contributed by atoms with Crippen molar-refractivity contribution in [1.29, 1.82) is 0 Å². The van der Waals surface area contributed by atoms with Gasteiger partial charge >= 0.3 is 0 Å². The van der Waals surface area contributed by atoms with E-state index in [4.69, 9.17) is 16.0 Å². The van der Waals surface area contributed by atoms with Crippen molar-refractivity contribution < 1.29 is 9.21 Å². The Hall–Kier alpha value is -1.30. The SMILES string of the molecule is O=C(c1ccco1)N1CCC(NCc2ccc(Cl)s2)CC1. The number of hydrogen-bond acceptors (Lipinski definition) is 4. The Morgan fingerprint density at radius 1 is 1.38 bits per heavy atom. The molecule has 0 aliphatic carbocycles. The fourth-order valence-electron chi connectivity index (χ4n) is 2.53. The number of furan rings is 1. The molecule has 4 nitrogen and oxygen atoms in total. The molecule has 1 amide bonds. The quantitative estimate of drug-likeness (QED) is 0.937. The average molecular weight is 325 g/mol. The first-order chi connectivity index (χ1) is 10.2. The second kappa shape index (κ2) is 6.64. The fraction of sp³-hybridized carbons (Fsp3) is 0.400. The van der Waals surface area contributed by atoms with Crippen molar-refractivity contribution in [2.75, 3.05) is 13.1 Å². The number of likely N-dealkylation sites (tertiary alicyclic amines) is 1. The second-order valence-corrected chi connectivity index (χ2v) is 6.93. The van der Waals surface area contributed by atoms with Gasteiger partial charge < -0.3 is 14.6 Å². The van der Waals surface area contributed by atoms with E-state index in [0.717, 1.165) is 36.8 Å². The highest BCUT2D eigenvalue weighted by Crippen LogP contribution is 2.22. The van der Waals surface area contributed by atoms with E-state index < -0.39 is 0 Å². The predicted molar refractivity (Wildman–Crippen MR) is 83.8 cm³/mol. The molecule has 0 atom stereocenters. The van der Waals surface area contributed by atoms with Gasteiger partial charge in [0.05, 0.1) is 10.6 Å². The molecule has 112 valence electrons. The normalized spacial score (nSPS) is 16.3. The Morgan fingerprint density at radius 3 is 2.81 bits per heavy atom. The molecule has 3 rings (SSSR count). The Morgan fingerprint density at radius 2 is 2.19 bits per heavy atom. The Bertz CT molecular complexity index is 589. The van der Waals surface area contributed by atoms with Crippen LogP contribution in [0.5, 0.6) is 0 Å². The summed E-state index contributed by atoms with van der Waals surface area (Å²) in [6.45, 7) is 2.37. The van der Waals surface area contributed by atoms with Gasteiger partial charge in [0.1, 0.15) is 0 Å². The van der Waals surface area contributed by atoms with Gasteiger partial charge in [-0.1, -0.05) is 11.6 Å². The first-order valence-corrected chi connectivity index (χ1v) is 8.22. The molecule has 2 aromatic rings. The topological polar surface area (TPSA) is 45.5 Å². The molecular formula is C15H17ClN2O2S. The third-order valence-corrected chi connectivity index (χ3v) is 4.94. The molecular weight excluding hydrogens is 308 g/mol. The molecule has 1 N–H and O–H groups in total. The van der Waals surface area contributed by atoms with Crippen LogP contribution in [0.15, 0.2) is 34.9 Å². The molecule has 1 aliphatic heterocycles. The zero-order valence-corrected chi connectivity index (χ0v) is 13.1. The summed E-state index contributed by atoms with van der Waals surface area (Å²) in [5.74, 6) is 0.415. The van der Waals surface area contributed by atoms with Gasteiger partial charge in [0.2, 0.25) is 0 Å². The van der Waals surface area contributed by atoms with Crippen LogP contribution >= 0.6 is 22.9 Å². The van der Waals surface area contributed by atoms with Crippen LogP contribution in [0.2, 0.25) is 4.34 Å². The standard InChI is InChI=1S/C15H17ClN2O2S/c16-14-4-3-12(21-14)10-17-11-5-7-18(8-6-11)15(19)13-2-1-9-20-13/h1-4,9,11,17H,5-8,10H2. The minimum atomic E-state index is -0.0107. The van der Waals surface area contributed by atoms with Gasteiger partial charge in [0.15, 0.2) is 5.76 Å². The van der Waals surface area contributed by atoms with E-state index in [0.29, 0.717) is 11.8 Å². The van der Waals surface area contributed by atoms with Crippen LogP contribution in [-0.2, 0) is 6.54 Å². The van der Waals surface area contributed by atoms with Crippen molar-refractivity contribution in [1.82, 2.24) is 10.2 Å². The molecule has 0 spiro atoms. The minimum Gasteiger partial charge on any atom is -0.459 e. The van der Waals surface area contributed by atoms with Crippen LogP contribution in [-0.4, -0.2) is 29.9 Å². The number of rotatable bonds is 4. The average Bonchev–Trinajstić information content (AvgIpc) is 3.16. The van der Waals surface area contributed by atoms with Crippen molar-refractivity contribution >= 4 is 28.8 Å². The lowest BCUT2D eigenvalue weighted by atomic mass is 10.0. The highest BCUT2D eigenvalue weighted by molar-refractivity contribution is 7.16. The van der Waals surface area contributed by atoms with Crippen LogP contribution in [0.4, 0.5) is 0 Å². The summed E-state index contributed by atoms with van der Waals surface area (Å²) in [6, 6.07) is 7.89. The summed E-state index contributed by atoms with van der Waals surface area (Å²) < 4.78 is 5.99. The maximum atomic E-state index is 12.1. The minimum absolute atomic E-state index is 0.0107. The summed E-state index contributed by atoms with van der Waals surface area (Å²) >= 11 is 7.53. The summed E-state index contributed by atoms with van der Waals surface area (Å²) in [6.07, 6.45) is 3.46. The molecule has 0 unspecified atom stereocenters. The number of carbonyl (C=O) groups excluding carboxylic acids is 1. The lowest BCUT2D eigenvalue weighted by Gasteiger charge is -2.31. The van der Waals surface area contributed by atoms with Gasteiger partial charge in [-0.2, -0.15) is 0 Å². The van der Waals surface area contributed by atoms with Gasteiger partial charge in [0.25, 0.3) is 5.91 Å². The van der Waals surface area contributed by atoms with Crippen molar-refractivity contribution in [2.45, 2.75) is 25.4 Å². The lowest BCUT2D eigenvalue weighted by molar-refractivity contribution is 0.0672. The molecule has 6 heteroatoms. The van der Waals surface area contributed by atoms with Gasteiger partial charge in [-0.15, -0.1) is 11.3 Å². The number of halogens is 1. The van der Waals surface area contributed by atoms with E-state index in [9.17, 15) is 4.79 Å². The molecule has 0 saturated carbocycles. The fourth-order valence-corrected chi connectivity index (χ4v) is 3.57. The maximum absolute atomic E-state index is 12.1. The molecule has 0 aromatic carbocycles. The van der Waals surface area contributed by atoms with Crippen molar-refractivity contribution in [3.05, 3.63) is 45.5 Å². The third-order valence-electron chi connectivity index (χ3n) is 3.71. The van der Waals surface area contributed by atoms with E-state index in [1.54, 1.807) is 23.5 Å². The van der Waals surface area contributed by atoms with Crippen molar-refractivity contribution in [3.8, 4) is 0 Å². The third kappa shape index (κ3) is 3.67. The van der Waals surface area contributed by atoms with E-state index in [1.165, 1.54) is 11.1 Å². The molecule has 0 bridgehead atoms. The number of thiophene rings is 1. The number of piperidine rings is 1. The number of carbonyl (C=O) groups is 1. The monoisotopic (exact) mass is 324 g/mol. The Labute approximate surface area is 132 Å². The van der Waals surface area contributed by atoms with E-state index in [2.05, 4.69) is 11.4 Å². The highest BCUT2D eigenvalue weighted by Gasteiger charge is 2.24. The van der Waals surface area contributed by atoms with Crippen molar-refractivity contribution in [2.24, 2.45) is 0 Å². The summed E-state index contributed by atoms with van der Waals surface area (Å²) in [4.78, 5) is 15.3. The molecule has 0 radical (unpaired) electrons. The largest absolute Gasteiger partial charge is 0.459 e. The molecule has 3 heterocycles. The zero-order chi connectivity index (χ0) is 14.7. The summed E-state index contributed by atoms with van der Waals surface area (Å²) in [7, 11) is 0. The van der Waals surface area contributed by atoms with E-state index in [1.807, 2.05) is 11.0 Å². The van der Waals surface area contributed by atoms with E-state index in [-0.39, 0.29) is 5.91 Å². The van der Waals surface area contributed by atoms with E-state index >= 15 is 0 Å². The van der Waals surface area contributed by atoms with Gasteiger partial charge in [-0.3, -0.25) is 4.79 Å². The first kappa shape index (κ1) is 14.6. The van der Waals surface area contributed by atoms with Crippen LogP contribution in [0, 0.1) is 0 Å². The summed E-state index contributed by atoms with van der Waals surface area (Å²) in [5.41, 5.74) is 0. The van der Waals surface area contributed by atoms with Gasteiger partial charge in [-0.25, -0.2) is 0 Å². The van der Waals surface area contributed by atoms with Crippen molar-refractivity contribution in [3.63, 3.8) is 0 Å². The van der Waals surface area contributed by atoms with Gasteiger partial charge in [-0.05, 0) is 37.1 Å². The molecule has 2 aromatic heterocycles. The number of nitrogens with zero attached hydrogens (tertiary/aromatic N) is 1. The molecule has 1 aliphatic rings. The highest BCUT2D eigenvalue weighted by atomic mass is 35.5. The van der Waals surface area contributed by atoms with Gasteiger partial charge in [0, 0.05) is 30.6 Å². The van der Waals surface area contributed by atoms with Crippen LogP contribution in [0.1, 0.15) is 28.3 Å². The molecule has 1 saturated heterocycles. The number of nitrogens with one attached hydrogen (secondary N) is 1. The summed E-state index contributed by atoms with van der Waals surface area (Å²) in [5, 5.41) is 3.54. The first-order valence-electron chi connectivity index (χ1n) is 7.03.